The number of nitrogens with zero attached hydrogens (tertiary/aromatic N) is 3. The Morgan fingerprint density at radius 2 is 2.00 bits per heavy atom. The van der Waals surface area contributed by atoms with Crippen molar-refractivity contribution < 1.29 is 4.42 Å². The van der Waals surface area contributed by atoms with Crippen LogP contribution in [0.1, 0.15) is 0 Å². The van der Waals surface area contributed by atoms with Crippen molar-refractivity contribution in [1.82, 2.24) is 14.8 Å². The number of benzene rings is 1. The third kappa shape index (κ3) is 1.60. The molecule has 0 saturated carbocycles. The first-order chi connectivity index (χ1) is 8.25. The van der Waals surface area contributed by atoms with Crippen molar-refractivity contribution in [1.29, 1.82) is 0 Å². The second kappa shape index (κ2) is 3.71. The molecule has 0 unspecified atom stereocenters. The molecule has 2 heterocycles. The van der Waals surface area contributed by atoms with Gasteiger partial charge in [-0.1, -0.05) is 17.7 Å². The standard InChI is InChI=1S/C11H6ClN3O2/c12-8-3-1-2-7-9(16)4-10(17-11(7)8)15-5-13-14-6-15/h1-6H. The van der Waals surface area contributed by atoms with Gasteiger partial charge in [0.2, 0.25) is 5.88 Å². The van der Waals surface area contributed by atoms with Crippen molar-refractivity contribution in [3.05, 3.63) is 52.2 Å². The molecule has 0 N–H and O–H groups in total. The number of aromatic nitrogens is 3. The molecule has 3 rings (SSSR count). The van der Waals surface area contributed by atoms with E-state index in [0.29, 0.717) is 21.9 Å². The van der Waals surface area contributed by atoms with Gasteiger partial charge >= 0.3 is 0 Å². The highest BCUT2D eigenvalue weighted by Gasteiger charge is 2.08. The van der Waals surface area contributed by atoms with Crippen LogP contribution in [0.15, 0.2) is 46.1 Å². The first-order valence-electron chi connectivity index (χ1n) is 4.83. The first-order valence-corrected chi connectivity index (χ1v) is 5.21. The lowest BCUT2D eigenvalue weighted by Gasteiger charge is -2.03. The van der Waals surface area contributed by atoms with E-state index < -0.39 is 0 Å². The second-order valence-corrected chi connectivity index (χ2v) is 3.84. The number of fused-ring (bicyclic) bond motifs is 1. The summed E-state index contributed by atoms with van der Waals surface area (Å²) < 4.78 is 7.07. The van der Waals surface area contributed by atoms with E-state index in [9.17, 15) is 4.79 Å². The van der Waals surface area contributed by atoms with Crippen molar-refractivity contribution in [2.24, 2.45) is 0 Å². The van der Waals surface area contributed by atoms with E-state index in [1.807, 2.05) is 0 Å². The molecule has 5 nitrogen and oxygen atoms in total. The Morgan fingerprint density at radius 1 is 1.24 bits per heavy atom. The minimum atomic E-state index is -0.155. The zero-order valence-electron chi connectivity index (χ0n) is 8.50. The van der Waals surface area contributed by atoms with Crippen LogP contribution in [-0.4, -0.2) is 14.8 Å². The number of para-hydroxylation sites is 1. The van der Waals surface area contributed by atoms with E-state index in [1.165, 1.54) is 23.3 Å². The van der Waals surface area contributed by atoms with E-state index in [1.54, 1.807) is 18.2 Å². The van der Waals surface area contributed by atoms with Gasteiger partial charge in [0.05, 0.1) is 10.4 Å². The highest BCUT2D eigenvalue weighted by Crippen LogP contribution is 2.22. The Balaban J connectivity index is 2.38. The van der Waals surface area contributed by atoms with Gasteiger partial charge in [0.1, 0.15) is 12.7 Å². The molecule has 84 valence electrons. The van der Waals surface area contributed by atoms with Gasteiger partial charge in [-0.2, -0.15) is 0 Å². The van der Waals surface area contributed by atoms with Crippen LogP contribution in [0, 0.1) is 0 Å². The Bertz CT molecular complexity index is 734. The Labute approximate surface area is 100 Å². The molecule has 0 spiro atoms. The molecule has 0 aliphatic carbocycles. The maximum atomic E-state index is 11.9. The smallest absolute Gasteiger partial charge is 0.210 e. The largest absolute Gasteiger partial charge is 0.438 e. The maximum absolute atomic E-state index is 11.9. The van der Waals surface area contributed by atoms with E-state index in [4.69, 9.17) is 16.0 Å². The minimum Gasteiger partial charge on any atom is -0.438 e. The molecule has 2 aromatic heterocycles. The van der Waals surface area contributed by atoms with Crippen molar-refractivity contribution >= 4 is 22.6 Å². The summed E-state index contributed by atoms with van der Waals surface area (Å²) in [5.74, 6) is 0.334. The molecule has 3 aromatic rings. The summed E-state index contributed by atoms with van der Waals surface area (Å²) in [5, 5.41) is 8.15. The molecule has 0 radical (unpaired) electrons. The summed E-state index contributed by atoms with van der Waals surface area (Å²) in [4.78, 5) is 11.9. The molecule has 0 amide bonds. The molecule has 0 aliphatic rings. The number of hydrogen-bond acceptors (Lipinski definition) is 4. The fourth-order valence-corrected chi connectivity index (χ4v) is 1.79. The van der Waals surface area contributed by atoms with Crippen LogP contribution in [0.25, 0.3) is 16.9 Å². The Morgan fingerprint density at radius 3 is 2.76 bits per heavy atom. The van der Waals surface area contributed by atoms with Crippen LogP contribution in [0.3, 0.4) is 0 Å². The molecule has 1 aromatic carbocycles. The lowest BCUT2D eigenvalue weighted by Crippen LogP contribution is -2.03. The van der Waals surface area contributed by atoms with Gasteiger partial charge in [-0.3, -0.25) is 9.36 Å². The summed E-state index contributed by atoms with van der Waals surface area (Å²) in [5.41, 5.74) is 0.211. The number of rotatable bonds is 1. The van der Waals surface area contributed by atoms with Gasteiger partial charge in [0.25, 0.3) is 0 Å². The van der Waals surface area contributed by atoms with E-state index in [-0.39, 0.29) is 5.43 Å². The van der Waals surface area contributed by atoms with Gasteiger partial charge in [0, 0.05) is 6.07 Å². The van der Waals surface area contributed by atoms with Crippen LogP contribution < -0.4 is 5.43 Å². The Kier molecular flexibility index (Phi) is 2.19. The van der Waals surface area contributed by atoms with Gasteiger partial charge in [-0.25, -0.2) is 0 Å². The topological polar surface area (TPSA) is 60.9 Å². The molecule has 6 heteroatoms. The fourth-order valence-electron chi connectivity index (χ4n) is 1.57. The second-order valence-electron chi connectivity index (χ2n) is 3.43. The van der Waals surface area contributed by atoms with Crippen molar-refractivity contribution in [3.8, 4) is 5.88 Å². The molecule has 0 atom stereocenters. The summed E-state index contributed by atoms with van der Waals surface area (Å²) in [6.45, 7) is 0. The average molecular weight is 248 g/mol. The van der Waals surface area contributed by atoms with Crippen LogP contribution in [0.2, 0.25) is 5.02 Å². The molecule has 17 heavy (non-hydrogen) atoms. The van der Waals surface area contributed by atoms with Gasteiger partial charge in [-0.15, -0.1) is 10.2 Å². The maximum Gasteiger partial charge on any atom is 0.210 e. The monoisotopic (exact) mass is 247 g/mol. The van der Waals surface area contributed by atoms with Crippen LogP contribution in [0.5, 0.6) is 0 Å². The SMILES string of the molecule is O=c1cc(-n2cnnc2)oc2c(Cl)cccc12. The summed E-state index contributed by atoms with van der Waals surface area (Å²) >= 11 is 5.99. The summed E-state index contributed by atoms with van der Waals surface area (Å²) in [7, 11) is 0. The summed E-state index contributed by atoms with van der Waals surface area (Å²) in [6.07, 6.45) is 2.89. The minimum absolute atomic E-state index is 0.155. The molecule has 0 saturated heterocycles. The van der Waals surface area contributed by atoms with E-state index in [2.05, 4.69) is 10.2 Å². The third-order valence-electron chi connectivity index (χ3n) is 2.37. The predicted octanol–water partition coefficient (Wildman–Crippen LogP) is 2.03. The van der Waals surface area contributed by atoms with E-state index >= 15 is 0 Å². The number of halogens is 1. The van der Waals surface area contributed by atoms with Crippen LogP contribution in [-0.2, 0) is 0 Å². The molecule has 0 bridgehead atoms. The van der Waals surface area contributed by atoms with Crippen molar-refractivity contribution in [3.63, 3.8) is 0 Å². The fraction of sp³-hybridized carbons (Fsp3) is 0. The lowest BCUT2D eigenvalue weighted by atomic mass is 10.2. The normalized spacial score (nSPS) is 10.9. The van der Waals surface area contributed by atoms with Crippen LogP contribution in [0.4, 0.5) is 0 Å². The zero-order chi connectivity index (χ0) is 11.8. The molecular weight excluding hydrogens is 242 g/mol. The van der Waals surface area contributed by atoms with Crippen molar-refractivity contribution in [2.45, 2.75) is 0 Å². The lowest BCUT2D eigenvalue weighted by molar-refractivity contribution is 0.567. The average Bonchev–Trinajstić information content (AvgIpc) is 2.84. The quantitative estimate of drug-likeness (QED) is 0.660. The highest BCUT2D eigenvalue weighted by atomic mass is 35.5. The van der Waals surface area contributed by atoms with Gasteiger partial charge in [-0.05, 0) is 12.1 Å². The molecular formula is C11H6ClN3O2. The van der Waals surface area contributed by atoms with E-state index in [0.717, 1.165) is 0 Å². The summed E-state index contributed by atoms with van der Waals surface area (Å²) in [6, 6.07) is 6.42. The number of hydrogen-bond donors (Lipinski definition) is 0. The van der Waals surface area contributed by atoms with Gasteiger partial charge in [0.15, 0.2) is 11.0 Å². The Hall–Kier alpha value is -2.14. The first kappa shape index (κ1) is 10.0. The van der Waals surface area contributed by atoms with Crippen LogP contribution >= 0.6 is 11.6 Å². The van der Waals surface area contributed by atoms with Crippen molar-refractivity contribution in [2.75, 3.05) is 0 Å². The zero-order valence-corrected chi connectivity index (χ0v) is 9.26. The van der Waals surface area contributed by atoms with Gasteiger partial charge < -0.3 is 4.42 Å². The molecule has 0 fully saturated rings. The third-order valence-corrected chi connectivity index (χ3v) is 2.66. The molecule has 0 aliphatic heterocycles. The highest BCUT2D eigenvalue weighted by molar-refractivity contribution is 6.34. The predicted molar refractivity (Wildman–Crippen MR) is 62.4 cm³/mol.